The Morgan fingerprint density at radius 1 is 1.35 bits per heavy atom. The van der Waals surface area contributed by atoms with E-state index in [1.165, 1.54) is 0 Å². The molecule has 0 saturated heterocycles. The van der Waals surface area contributed by atoms with Crippen molar-refractivity contribution in [3.63, 3.8) is 0 Å². The Morgan fingerprint density at radius 2 is 2.00 bits per heavy atom. The second-order valence-electron chi connectivity index (χ2n) is 3.82. The zero-order valence-electron chi connectivity index (χ0n) is 9.94. The van der Waals surface area contributed by atoms with E-state index in [1.807, 2.05) is 19.1 Å². The van der Waals surface area contributed by atoms with Crippen molar-refractivity contribution in [2.45, 2.75) is 19.1 Å². The van der Waals surface area contributed by atoms with Gasteiger partial charge in [0.2, 0.25) is 5.91 Å². The summed E-state index contributed by atoms with van der Waals surface area (Å²) in [6.07, 6.45) is 0.885. The molecular weight excluding hydrogens is 236 g/mol. The van der Waals surface area contributed by atoms with Crippen molar-refractivity contribution in [2.75, 3.05) is 18.0 Å². The maximum atomic E-state index is 11.7. The normalized spacial score (nSPS) is 12.1. The van der Waals surface area contributed by atoms with Gasteiger partial charge in [0.25, 0.3) is 0 Å². The highest BCUT2D eigenvalue weighted by molar-refractivity contribution is 7.84. The molecule has 1 atom stereocenters. The van der Waals surface area contributed by atoms with Crippen LogP contribution in [0.2, 0.25) is 0 Å². The van der Waals surface area contributed by atoms with Gasteiger partial charge in [-0.2, -0.15) is 0 Å². The minimum absolute atomic E-state index is 0.0599. The van der Waals surface area contributed by atoms with Gasteiger partial charge in [-0.25, -0.2) is 0 Å². The van der Waals surface area contributed by atoms with Gasteiger partial charge in [-0.15, -0.1) is 0 Å². The summed E-state index contributed by atoms with van der Waals surface area (Å²) in [5, 5.41) is 2.71. The first-order chi connectivity index (χ1) is 8.11. The van der Waals surface area contributed by atoms with Gasteiger partial charge in [0.15, 0.2) is 0 Å². The summed E-state index contributed by atoms with van der Waals surface area (Å²) in [7, 11) is -1.16. The lowest BCUT2D eigenvalue weighted by molar-refractivity contribution is -0.118. The molecule has 17 heavy (non-hydrogen) atoms. The number of benzene rings is 1. The Kier molecular flexibility index (Phi) is 5.69. The van der Waals surface area contributed by atoms with Crippen LogP contribution in [0.15, 0.2) is 24.3 Å². The quantitative estimate of drug-likeness (QED) is 0.745. The molecule has 3 N–H and O–H groups in total. The molecule has 0 spiro atoms. The van der Waals surface area contributed by atoms with Crippen molar-refractivity contribution in [2.24, 2.45) is 0 Å². The summed E-state index contributed by atoms with van der Waals surface area (Å²) in [6.45, 7) is 2.61. The van der Waals surface area contributed by atoms with Gasteiger partial charge in [-0.1, -0.05) is 19.1 Å². The van der Waals surface area contributed by atoms with Gasteiger partial charge in [0.05, 0.1) is 0 Å². The van der Waals surface area contributed by atoms with Crippen LogP contribution in [0.4, 0.5) is 5.69 Å². The van der Waals surface area contributed by atoms with Crippen LogP contribution >= 0.6 is 0 Å². The van der Waals surface area contributed by atoms with Crippen molar-refractivity contribution < 1.29 is 9.00 Å². The lowest BCUT2D eigenvalue weighted by Crippen LogP contribution is -2.29. The fourth-order valence-corrected chi connectivity index (χ4v) is 2.37. The van der Waals surface area contributed by atoms with Crippen LogP contribution in [0.25, 0.3) is 0 Å². The van der Waals surface area contributed by atoms with Gasteiger partial charge in [0.1, 0.15) is 5.75 Å². The number of rotatable bonds is 6. The minimum Gasteiger partial charge on any atom is -0.399 e. The number of carbonyl (C=O) groups excluding carboxylic acids is 1. The van der Waals surface area contributed by atoms with Crippen molar-refractivity contribution >= 4 is 22.4 Å². The first kappa shape index (κ1) is 13.7. The Hall–Kier alpha value is -1.36. The van der Waals surface area contributed by atoms with Gasteiger partial charge in [-0.3, -0.25) is 9.00 Å². The zero-order chi connectivity index (χ0) is 12.7. The van der Waals surface area contributed by atoms with E-state index < -0.39 is 10.8 Å². The maximum absolute atomic E-state index is 11.7. The van der Waals surface area contributed by atoms with E-state index in [2.05, 4.69) is 5.32 Å². The minimum atomic E-state index is -1.16. The largest absolute Gasteiger partial charge is 0.399 e. The first-order valence-corrected chi connectivity index (χ1v) is 7.06. The van der Waals surface area contributed by atoms with Crippen LogP contribution in [0, 0.1) is 0 Å². The fraction of sp³-hybridized carbons (Fsp3) is 0.417. The molecule has 0 aliphatic carbocycles. The maximum Gasteiger partial charge on any atom is 0.232 e. The molecule has 0 heterocycles. The molecule has 0 aliphatic heterocycles. The third kappa shape index (κ3) is 5.49. The van der Waals surface area contributed by atoms with E-state index in [-0.39, 0.29) is 11.7 Å². The molecule has 1 aromatic rings. The average molecular weight is 254 g/mol. The average Bonchev–Trinajstić information content (AvgIpc) is 2.29. The highest BCUT2D eigenvalue weighted by Crippen LogP contribution is 2.07. The van der Waals surface area contributed by atoms with Gasteiger partial charge in [0, 0.05) is 28.8 Å². The predicted molar refractivity (Wildman–Crippen MR) is 70.9 cm³/mol. The second-order valence-corrected chi connectivity index (χ2v) is 5.28. The summed E-state index contributed by atoms with van der Waals surface area (Å²) in [5.41, 5.74) is 7.17. The van der Waals surface area contributed by atoms with E-state index >= 15 is 0 Å². The summed E-state index contributed by atoms with van der Waals surface area (Å²) in [6, 6.07) is 7.20. The van der Waals surface area contributed by atoms with Crippen LogP contribution in [-0.4, -0.2) is 22.4 Å². The number of anilines is 1. The van der Waals surface area contributed by atoms with E-state index in [4.69, 9.17) is 5.73 Å². The molecule has 0 aliphatic rings. The topological polar surface area (TPSA) is 72.2 Å². The van der Waals surface area contributed by atoms with Crippen LogP contribution in [0.5, 0.6) is 0 Å². The molecule has 4 nitrogen and oxygen atoms in total. The van der Waals surface area contributed by atoms with Crippen LogP contribution in [0.1, 0.15) is 18.9 Å². The number of nitrogens with one attached hydrogen (secondary N) is 1. The Morgan fingerprint density at radius 3 is 2.59 bits per heavy atom. The number of amides is 1. The SMILES string of the molecule is CCCNC(=O)CS(=O)Cc1ccc(N)cc1. The molecule has 0 bridgehead atoms. The van der Waals surface area contributed by atoms with Crippen molar-refractivity contribution in [3.05, 3.63) is 29.8 Å². The number of carbonyl (C=O) groups is 1. The molecule has 0 aromatic heterocycles. The Bertz CT molecular complexity index is 390. The molecule has 0 fully saturated rings. The molecule has 1 aromatic carbocycles. The third-order valence-electron chi connectivity index (χ3n) is 2.17. The smallest absolute Gasteiger partial charge is 0.232 e. The van der Waals surface area contributed by atoms with Crippen LogP contribution in [0.3, 0.4) is 0 Å². The van der Waals surface area contributed by atoms with Crippen molar-refractivity contribution in [1.29, 1.82) is 0 Å². The van der Waals surface area contributed by atoms with Gasteiger partial charge < -0.3 is 11.1 Å². The molecule has 1 amide bonds. The summed E-state index contributed by atoms with van der Waals surface area (Å²) in [4.78, 5) is 11.3. The monoisotopic (exact) mass is 254 g/mol. The standard InChI is InChI=1S/C12H18N2O2S/c1-2-7-14-12(15)9-17(16)8-10-3-5-11(13)6-4-10/h3-6H,2,7-9,13H2,1H3,(H,14,15). The highest BCUT2D eigenvalue weighted by Gasteiger charge is 2.07. The first-order valence-electron chi connectivity index (χ1n) is 5.58. The van der Waals surface area contributed by atoms with Crippen LogP contribution < -0.4 is 11.1 Å². The zero-order valence-corrected chi connectivity index (χ0v) is 10.8. The highest BCUT2D eigenvalue weighted by atomic mass is 32.2. The molecule has 94 valence electrons. The number of hydrogen-bond acceptors (Lipinski definition) is 3. The Labute approximate surface area is 104 Å². The molecule has 0 saturated carbocycles. The predicted octanol–water partition coefficient (Wildman–Crippen LogP) is 1.04. The van der Waals surface area contributed by atoms with E-state index in [0.717, 1.165) is 12.0 Å². The summed E-state index contributed by atoms with van der Waals surface area (Å²) < 4.78 is 11.7. The number of nitrogens with two attached hydrogens (primary N) is 1. The van der Waals surface area contributed by atoms with E-state index in [9.17, 15) is 9.00 Å². The molecule has 1 rings (SSSR count). The molecule has 5 heteroatoms. The third-order valence-corrected chi connectivity index (χ3v) is 3.41. The van der Waals surface area contributed by atoms with E-state index in [1.54, 1.807) is 12.1 Å². The lowest BCUT2D eigenvalue weighted by Gasteiger charge is -2.04. The van der Waals surface area contributed by atoms with Crippen LogP contribution in [-0.2, 0) is 21.3 Å². The molecule has 1 unspecified atom stereocenters. The fourth-order valence-electron chi connectivity index (χ4n) is 1.31. The summed E-state index contributed by atoms with van der Waals surface area (Å²) >= 11 is 0. The van der Waals surface area contributed by atoms with Crippen molar-refractivity contribution in [3.8, 4) is 0 Å². The number of hydrogen-bond donors (Lipinski definition) is 2. The van der Waals surface area contributed by atoms with Crippen molar-refractivity contribution in [1.82, 2.24) is 5.32 Å². The van der Waals surface area contributed by atoms with Gasteiger partial charge in [-0.05, 0) is 24.1 Å². The van der Waals surface area contributed by atoms with E-state index in [0.29, 0.717) is 18.0 Å². The molecule has 0 radical (unpaired) electrons. The summed E-state index contributed by atoms with van der Waals surface area (Å²) in [5.74, 6) is 0.296. The number of nitrogen functional groups attached to an aromatic ring is 1. The lowest BCUT2D eigenvalue weighted by atomic mass is 10.2. The second kappa shape index (κ2) is 7.06. The Balaban J connectivity index is 2.39. The molecular formula is C12H18N2O2S. The van der Waals surface area contributed by atoms with Gasteiger partial charge >= 0.3 is 0 Å².